The Labute approximate surface area is 123 Å². The summed E-state index contributed by atoms with van der Waals surface area (Å²) in [6.45, 7) is 4.71. The molecule has 0 amide bonds. The number of halogens is 1. The van der Waals surface area contributed by atoms with Crippen LogP contribution in [0, 0.1) is 13.8 Å². The van der Waals surface area contributed by atoms with Crippen molar-refractivity contribution in [3.8, 4) is 0 Å². The number of nitrogens with zero attached hydrogens (tertiary/aromatic N) is 3. The third-order valence-electron chi connectivity index (χ3n) is 3.64. The number of hydrogen-bond acceptors (Lipinski definition) is 4. The van der Waals surface area contributed by atoms with Crippen molar-refractivity contribution in [3.63, 3.8) is 0 Å². The van der Waals surface area contributed by atoms with Gasteiger partial charge in [-0.15, -0.1) is 0 Å². The van der Waals surface area contributed by atoms with E-state index in [0.29, 0.717) is 17.6 Å². The highest BCUT2D eigenvalue weighted by Crippen LogP contribution is 2.39. The van der Waals surface area contributed by atoms with Crippen molar-refractivity contribution in [2.45, 2.75) is 39.2 Å². The van der Waals surface area contributed by atoms with Crippen molar-refractivity contribution in [1.82, 2.24) is 15.0 Å². The SMILES string of the molecule is Cc1ccncc1CNc1nc(C2CC2)nc(Cl)c1C. The molecule has 4 nitrogen and oxygen atoms in total. The van der Waals surface area contributed by atoms with E-state index in [-0.39, 0.29) is 0 Å². The molecule has 0 radical (unpaired) electrons. The smallest absolute Gasteiger partial charge is 0.137 e. The van der Waals surface area contributed by atoms with Crippen molar-refractivity contribution in [1.29, 1.82) is 0 Å². The molecule has 0 atom stereocenters. The second kappa shape index (κ2) is 5.37. The van der Waals surface area contributed by atoms with Crippen LogP contribution in [0.5, 0.6) is 0 Å². The number of nitrogens with one attached hydrogen (secondary N) is 1. The summed E-state index contributed by atoms with van der Waals surface area (Å²) < 4.78 is 0. The van der Waals surface area contributed by atoms with Crippen molar-refractivity contribution >= 4 is 17.4 Å². The van der Waals surface area contributed by atoms with E-state index in [1.165, 1.54) is 18.4 Å². The van der Waals surface area contributed by atoms with Gasteiger partial charge in [-0.3, -0.25) is 4.98 Å². The van der Waals surface area contributed by atoms with Gasteiger partial charge in [-0.2, -0.15) is 0 Å². The van der Waals surface area contributed by atoms with Crippen LogP contribution in [0.3, 0.4) is 0 Å². The molecule has 104 valence electrons. The predicted molar refractivity (Wildman–Crippen MR) is 80.1 cm³/mol. The molecule has 2 aromatic rings. The Kier molecular flexibility index (Phi) is 3.57. The lowest BCUT2D eigenvalue weighted by atomic mass is 10.1. The molecule has 0 aromatic carbocycles. The normalized spacial score (nSPS) is 14.3. The Balaban J connectivity index is 1.81. The van der Waals surface area contributed by atoms with Crippen molar-refractivity contribution in [3.05, 3.63) is 46.1 Å². The first-order chi connectivity index (χ1) is 9.65. The fraction of sp³-hybridized carbons (Fsp3) is 0.400. The predicted octanol–water partition coefficient (Wildman–Crippen LogP) is 3.63. The molecular formula is C15H17ClN4. The Morgan fingerprint density at radius 3 is 2.80 bits per heavy atom. The van der Waals surface area contributed by atoms with E-state index in [4.69, 9.17) is 11.6 Å². The summed E-state index contributed by atoms with van der Waals surface area (Å²) in [5.74, 6) is 2.19. The van der Waals surface area contributed by atoms with Gasteiger partial charge in [0, 0.05) is 30.4 Å². The molecule has 2 aromatic heterocycles. The average Bonchev–Trinajstić information content (AvgIpc) is 3.26. The van der Waals surface area contributed by atoms with E-state index >= 15 is 0 Å². The molecule has 1 aliphatic carbocycles. The molecule has 1 fully saturated rings. The number of pyridine rings is 1. The van der Waals surface area contributed by atoms with Gasteiger partial charge >= 0.3 is 0 Å². The maximum absolute atomic E-state index is 6.20. The molecule has 0 spiro atoms. The highest BCUT2D eigenvalue weighted by Gasteiger charge is 2.28. The van der Waals surface area contributed by atoms with Gasteiger partial charge in [0.2, 0.25) is 0 Å². The molecule has 0 saturated heterocycles. The van der Waals surface area contributed by atoms with Gasteiger partial charge in [0.25, 0.3) is 0 Å². The standard InChI is InChI=1S/C15H17ClN4/c1-9-5-6-17-7-12(9)8-18-14-10(2)13(16)19-15(20-14)11-3-4-11/h5-7,11H,3-4,8H2,1-2H3,(H,18,19,20). The van der Waals surface area contributed by atoms with Gasteiger partial charge in [-0.05, 0) is 43.9 Å². The molecule has 0 aliphatic heterocycles. The first-order valence-electron chi connectivity index (χ1n) is 6.82. The third-order valence-corrected chi connectivity index (χ3v) is 4.01. The van der Waals surface area contributed by atoms with Gasteiger partial charge in [0.1, 0.15) is 16.8 Å². The minimum absolute atomic E-state index is 0.494. The van der Waals surface area contributed by atoms with Crippen LogP contribution in [0.25, 0.3) is 0 Å². The average molecular weight is 289 g/mol. The lowest BCUT2D eigenvalue weighted by Crippen LogP contribution is -2.08. The van der Waals surface area contributed by atoms with Gasteiger partial charge < -0.3 is 5.32 Å². The minimum atomic E-state index is 0.494. The Hall–Kier alpha value is -1.68. The molecule has 3 rings (SSSR count). The maximum Gasteiger partial charge on any atom is 0.137 e. The Morgan fingerprint density at radius 1 is 1.30 bits per heavy atom. The van der Waals surface area contributed by atoms with Crippen LogP contribution in [0.1, 0.15) is 41.3 Å². The molecule has 0 unspecified atom stereocenters. The summed E-state index contributed by atoms with van der Waals surface area (Å²) >= 11 is 6.20. The third kappa shape index (κ3) is 2.75. The summed E-state index contributed by atoms with van der Waals surface area (Å²) in [4.78, 5) is 13.1. The van der Waals surface area contributed by atoms with Crippen LogP contribution >= 0.6 is 11.6 Å². The highest BCUT2D eigenvalue weighted by molar-refractivity contribution is 6.30. The van der Waals surface area contributed by atoms with Gasteiger partial charge in [-0.1, -0.05) is 11.6 Å². The van der Waals surface area contributed by atoms with E-state index < -0.39 is 0 Å². The number of aromatic nitrogens is 3. The first-order valence-corrected chi connectivity index (χ1v) is 7.20. The Bertz CT molecular complexity index is 638. The van der Waals surface area contributed by atoms with Gasteiger partial charge in [0.15, 0.2) is 0 Å². The summed E-state index contributed by atoms with van der Waals surface area (Å²) in [6, 6.07) is 2.01. The van der Waals surface area contributed by atoms with Crippen LogP contribution in [0.15, 0.2) is 18.5 Å². The monoisotopic (exact) mass is 288 g/mol. The molecule has 1 saturated carbocycles. The number of aryl methyl sites for hydroxylation is 1. The van der Waals surface area contributed by atoms with Gasteiger partial charge in [-0.25, -0.2) is 9.97 Å². The highest BCUT2D eigenvalue weighted by atomic mass is 35.5. The van der Waals surface area contributed by atoms with E-state index in [9.17, 15) is 0 Å². The fourth-order valence-corrected chi connectivity index (χ4v) is 2.24. The molecule has 2 heterocycles. The lowest BCUT2D eigenvalue weighted by molar-refractivity contribution is 0.910. The zero-order valence-electron chi connectivity index (χ0n) is 11.7. The summed E-state index contributed by atoms with van der Waals surface area (Å²) in [5, 5.41) is 3.91. The largest absolute Gasteiger partial charge is 0.366 e. The van der Waals surface area contributed by atoms with E-state index in [1.54, 1.807) is 6.20 Å². The quantitative estimate of drug-likeness (QED) is 0.873. The van der Waals surface area contributed by atoms with Crippen LogP contribution in [0.2, 0.25) is 5.15 Å². The van der Waals surface area contributed by atoms with Crippen LogP contribution in [0.4, 0.5) is 5.82 Å². The van der Waals surface area contributed by atoms with Gasteiger partial charge in [0.05, 0.1) is 0 Å². The van der Waals surface area contributed by atoms with Crippen molar-refractivity contribution < 1.29 is 0 Å². The number of hydrogen-bond donors (Lipinski definition) is 1. The zero-order chi connectivity index (χ0) is 14.1. The summed E-state index contributed by atoms with van der Waals surface area (Å²) in [7, 11) is 0. The fourth-order valence-electron chi connectivity index (χ4n) is 2.06. The summed E-state index contributed by atoms with van der Waals surface area (Å²) in [6.07, 6.45) is 6.01. The van der Waals surface area contributed by atoms with E-state index in [2.05, 4.69) is 27.2 Å². The van der Waals surface area contributed by atoms with Crippen LogP contribution < -0.4 is 5.32 Å². The maximum atomic E-state index is 6.20. The van der Waals surface area contributed by atoms with E-state index in [1.807, 2.05) is 19.2 Å². The molecule has 5 heteroatoms. The second-order valence-corrected chi connectivity index (χ2v) is 5.63. The van der Waals surface area contributed by atoms with Crippen LogP contribution in [-0.4, -0.2) is 15.0 Å². The number of rotatable bonds is 4. The van der Waals surface area contributed by atoms with Crippen LogP contribution in [-0.2, 0) is 6.54 Å². The Morgan fingerprint density at radius 2 is 2.10 bits per heavy atom. The van der Waals surface area contributed by atoms with E-state index in [0.717, 1.165) is 22.8 Å². The molecule has 1 aliphatic rings. The second-order valence-electron chi connectivity index (χ2n) is 5.28. The minimum Gasteiger partial charge on any atom is -0.366 e. The molecule has 0 bridgehead atoms. The first kappa shape index (κ1) is 13.3. The van der Waals surface area contributed by atoms with Crippen molar-refractivity contribution in [2.75, 3.05) is 5.32 Å². The zero-order valence-corrected chi connectivity index (χ0v) is 12.4. The molecule has 1 N–H and O–H groups in total. The molecular weight excluding hydrogens is 272 g/mol. The topological polar surface area (TPSA) is 50.7 Å². The van der Waals surface area contributed by atoms with Crippen molar-refractivity contribution in [2.24, 2.45) is 0 Å². The number of anilines is 1. The molecule has 20 heavy (non-hydrogen) atoms. The lowest BCUT2D eigenvalue weighted by Gasteiger charge is -2.12. The summed E-state index contributed by atoms with van der Waals surface area (Å²) in [5.41, 5.74) is 3.28.